The third kappa shape index (κ3) is 2.66. The highest BCUT2D eigenvalue weighted by atomic mass is 16.5. The zero-order valence-electron chi connectivity index (χ0n) is 15.5. The molecule has 4 heterocycles. The maximum absolute atomic E-state index is 10.7. The van der Waals surface area contributed by atoms with Gasteiger partial charge in [0, 0.05) is 31.1 Å². The average molecular weight is 365 g/mol. The smallest absolute Gasteiger partial charge is 0.256 e. The van der Waals surface area contributed by atoms with E-state index in [0.29, 0.717) is 28.4 Å². The SMILES string of the molecule is COc1cc(-c2ccc3c(O)n(-c4ccn(C)n4)c(C)c3n2)cnc1OC. The van der Waals surface area contributed by atoms with Gasteiger partial charge in [-0.3, -0.25) is 9.25 Å². The van der Waals surface area contributed by atoms with Gasteiger partial charge < -0.3 is 14.6 Å². The van der Waals surface area contributed by atoms with Crippen LogP contribution in [0.4, 0.5) is 0 Å². The van der Waals surface area contributed by atoms with Crippen LogP contribution in [0.3, 0.4) is 0 Å². The number of aromatic hydroxyl groups is 1. The van der Waals surface area contributed by atoms with E-state index in [9.17, 15) is 5.11 Å². The van der Waals surface area contributed by atoms with Crippen LogP contribution in [-0.4, -0.2) is 43.6 Å². The second kappa shape index (κ2) is 6.31. The third-order valence-electron chi connectivity index (χ3n) is 4.48. The van der Waals surface area contributed by atoms with Gasteiger partial charge in [-0.05, 0) is 25.1 Å². The molecule has 27 heavy (non-hydrogen) atoms. The minimum absolute atomic E-state index is 0.116. The van der Waals surface area contributed by atoms with Crippen LogP contribution >= 0.6 is 0 Å². The van der Waals surface area contributed by atoms with E-state index in [1.807, 2.05) is 44.4 Å². The summed E-state index contributed by atoms with van der Waals surface area (Å²) in [5.41, 5.74) is 3.01. The molecular formula is C19H19N5O3. The van der Waals surface area contributed by atoms with Crippen molar-refractivity contribution in [2.75, 3.05) is 14.2 Å². The molecule has 8 nitrogen and oxygen atoms in total. The van der Waals surface area contributed by atoms with Gasteiger partial charge >= 0.3 is 0 Å². The topological polar surface area (TPSA) is 87.2 Å². The number of ether oxygens (including phenoxy) is 2. The standard InChI is InChI=1S/C19H19N5O3/c1-11-17-13(19(25)24(11)16-7-8-23(2)22-16)5-6-14(21-17)12-9-15(26-3)18(27-4)20-10-12/h5-10,25H,1-4H3. The van der Waals surface area contributed by atoms with E-state index >= 15 is 0 Å². The number of aromatic nitrogens is 5. The van der Waals surface area contributed by atoms with Gasteiger partial charge in [-0.1, -0.05) is 0 Å². The Morgan fingerprint density at radius 1 is 1.11 bits per heavy atom. The Hall–Kier alpha value is -3.55. The molecule has 0 saturated heterocycles. The maximum Gasteiger partial charge on any atom is 0.256 e. The van der Waals surface area contributed by atoms with E-state index in [2.05, 4.69) is 10.1 Å². The molecule has 138 valence electrons. The summed E-state index contributed by atoms with van der Waals surface area (Å²) in [5, 5.41) is 15.7. The first kappa shape index (κ1) is 16.9. The summed E-state index contributed by atoms with van der Waals surface area (Å²) in [4.78, 5) is 9.00. The molecule has 0 bridgehead atoms. The first-order valence-corrected chi connectivity index (χ1v) is 8.33. The van der Waals surface area contributed by atoms with E-state index in [0.717, 1.165) is 17.0 Å². The number of nitrogens with zero attached hydrogens (tertiary/aromatic N) is 5. The largest absolute Gasteiger partial charge is 0.494 e. The molecule has 0 atom stereocenters. The predicted molar refractivity (Wildman–Crippen MR) is 101 cm³/mol. The van der Waals surface area contributed by atoms with Gasteiger partial charge in [-0.2, -0.15) is 5.10 Å². The van der Waals surface area contributed by atoms with Crippen molar-refractivity contribution in [2.45, 2.75) is 6.92 Å². The molecule has 4 rings (SSSR count). The van der Waals surface area contributed by atoms with Crippen LogP contribution in [-0.2, 0) is 7.05 Å². The minimum atomic E-state index is 0.116. The molecular weight excluding hydrogens is 346 g/mol. The summed E-state index contributed by atoms with van der Waals surface area (Å²) >= 11 is 0. The first-order valence-electron chi connectivity index (χ1n) is 8.33. The van der Waals surface area contributed by atoms with Crippen LogP contribution in [0.25, 0.3) is 28.0 Å². The summed E-state index contributed by atoms with van der Waals surface area (Å²) < 4.78 is 13.9. The monoisotopic (exact) mass is 365 g/mol. The van der Waals surface area contributed by atoms with Crippen molar-refractivity contribution in [1.29, 1.82) is 0 Å². The fraction of sp³-hybridized carbons (Fsp3) is 0.211. The van der Waals surface area contributed by atoms with E-state index in [-0.39, 0.29) is 5.88 Å². The number of hydrogen-bond acceptors (Lipinski definition) is 6. The Kier molecular flexibility index (Phi) is 3.95. The molecule has 8 heteroatoms. The highest BCUT2D eigenvalue weighted by molar-refractivity contribution is 5.90. The number of fused-ring (bicyclic) bond motifs is 1. The molecule has 4 aromatic rings. The Morgan fingerprint density at radius 2 is 1.93 bits per heavy atom. The van der Waals surface area contributed by atoms with Gasteiger partial charge in [-0.25, -0.2) is 9.97 Å². The van der Waals surface area contributed by atoms with Crippen LogP contribution < -0.4 is 9.47 Å². The molecule has 0 aliphatic heterocycles. The fourth-order valence-corrected chi connectivity index (χ4v) is 3.14. The number of methoxy groups -OCH3 is 2. The van der Waals surface area contributed by atoms with Crippen LogP contribution in [0.1, 0.15) is 5.69 Å². The van der Waals surface area contributed by atoms with Gasteiger partial charge in [0.15, 0.2) is 11.6 Å². The molecule has 0 fully saturated rings. The molecule has 0 aliphatic rings. The first-order chi connectivity index (χ1) is 13.0. The summed E-state index contributed by atoms with van der Waals surface area (Å²) in [6, 6.07) is 7.35. The number of pyridine rings is 2. The van der Waals surface area contributed by atoms with Crippen molar-refractivity contribution in [3.05, 3.63) is 42.4 Å². The van der Waals surface area contributed by atoms with Crippen LogP contribution in [0, 0.1) is 6.92 Å². The zero-order chi connectivity index (χ0) is 19.1. The van der Waals surface area contributed by atoms with E-state index in [1.54, 1.807) is 29.7 Å². The lowest BCUT2D eigenvalue weighted by atomic mass is 10.1. The van der Waals surface area contributed by atoms with Gasteiger partial charge in [0.25, 0.3) is 5.88 Å². The molecule has 0 aromatic carbocycles. The number of aryl methyl sites for hydroxylation is 2. The Bertz CT molecular complexity index is 1150. The minimum Gasteiger partial charge on any atom is -0.494 e. The summed E-state index contributed by atoms with van der Waals surface area (Å²) in [5.74, 6) is 1.70. The predicted octanol–water partition coefficient (Wildman–Crippen LogP) is 2.85. The second-order valence-corrected chi connectivity index (χ2v) is 6.12. The van der Waals surface area contributed by atoms with E-state index in [1.165, 1.54) is 0 Å². The van der Waals surface area contributed by atoms with Crippen LogP contribution in [0.5, 0.6) is 17.5 Å². The summed E-state index contributed by atoms with van der Waals surface area (Å²) in [7, 11) is 4.94. The Morgan fingerprint density at radius 3 is 2.59 bits per heavy atom. The lowest BCUT2D eigenvalue weighted by Gasteiger charge is -2.08. The van der Waals surface area contributed by atoms with Crippen molar-refractivity contribution >= 4 is 10.9 Å². The fourth-order valence-electron chi connectivity index (χ4n) is 3.14. The number of rotatable bonds is 4. The van der Waals surface area contributed by atoms with Crippen molar-refractivity contribution < 1.29 is 14.6 Å². The number of hydrogen-bond donors (Lipinski definition) is 1. The van der Waals surface area contributed by atoms with Gasteiger partial charge in [0.2, 0.25) is 5.88 Å². The molecule has 4 aromatic heterocycles. The highest BCUT2D eigenvalue weighted by Crippen LogP contribution is 2.35. The lowest BCUT2D eigenvalue weighted by molar-refractivity contribution is 0.343. The normalized spacial score (nSPS) is 11.1. The van der Waals surface area contributed by atoms with E-state index < -0.39 is 0 Å². The molecule has 0 radical (unpaired) electrons. The van der Waals surface area contributed by atoms with Crippen LogP contribution in [0.15, 0.2) is 36.7 Å². The quantitative estimate of drug-likeness (QED) is 0.598. The van der Waals surface area contributed by atoms with Gasteiger partial charge in [-0.15, -0.1) is 0 Å². The van der Waals surface area contributed by atoms with Gasteiger partial charge in [0.1, 0.15) is 0 Å². The molecule has 0 saturated carbocycles. The van der Waals surface area contributed by atoms with E-state index in [4.69, 9.17) is 14.5 Å². The Balaban J connectivity index is 1.87. The maximum atomic E-state index is 10.7. The summed E-state index contributed by atoms with van der Waals surface area (Å²) in [6.45, 7) is 1.90. The Labute approximate surface area is 155 Å². The van der Waals surface area contributed by atoms with Crippen molar-refractivity contribution in [1.82, 2.24) is 24.3 Å². The molecule has 0 aliphatic carbocycles. The second-order valence-electron chi connectivity index (χ2n) is 6.12. The highest BCUT2D eigenvalue weighted by Gasteiger charge is 2.18. The van der Waals surface area contributed by atoms with Crippen molar-refractivity contribution in [2.24, 2.45) is 7.05 Å². The third-order valence-corrected chi connectivity index (χ3v) is 4.48. The van der Waals surface area contributed by atoms with Crippen LogP contribution in [0.2, 0.25) is 0 Å². The molecule has 0 spiro atoms. The van der Waals surface area contributed by atoms with Gasteiger partial charge in [0.05, 0.1) is 36.5 Å². The zero-order valence-corrected chi connectivity index (χ0v) is 15.5. The molecule has 0 amide bonds. The lowest BCUT2D eigenvalue weighted by Crippen LogP contribution is -1.98. The van der Waals surface area contributed by atoms with Crippen molar-refractivity contribution in [3.63, 3.8) is 0 Å². The molecule has 1 N–H and O–H groups in total. The average Bonchev–Trinajstić information content (AvgIpc) is 3.22. The summed E-state index contributed by atoms with van der Waals surface area (Å²) in [6.07, 6.45) is 3.51. The molecule has 0 unspecified atom stereocenters. The van der Waals surface area contributed by atoms with Crippen molar-refractivity contribution in [3.8, 4) is 34.6 Å².